The Morgan fingerprint density at radius 3 is 2.43 bits per heavy atom. The number of carboxylic acids is 1. The van der Waals surface area contributed by atoms with E-state index in [9.17, 15) is 19.5 Å². The van der Waals surface area contributed by atoms with Crippen molar-refractivity contribution in [1.29, 1.82) is 0 Å². The predicted molar refractivity (Wildman–Crippen MR) is 74.6 cm³/mol. The number of rotatable bonds is 6. The highest BCUT2D eigenvalue weighted by Gasteiger charge is 2.24. The third-order valence-electron chi connectivity index (χ3n) is 2.67. The summed E-state index contributed by atoms with van der Waals surface area (Å²) in [6.45, 7) is 1.63. The zero-order valence-electron chi connectivity index (χ0n) is 11.9. The van der Waals surface area contributed by atoms with Crippen molar-refractivity contribution >= 4 is 18.0 Å². The third-order valence-corrected chi connectivity index (χ3v) is 2.67. The number of nitrogens with one attached hydrogen (secondary N) is 1. The van der Waals surface area contributed by atoms with E-state index in [1.165, 1.54) is 7.05 Å². The van der Waals surface area contributed by atoms with Crippen LogP contribution in [0.5, 0.6) is 0 Å². The molecular formula is C14H18N2O5. The number of urea groups is 1. The van der Waals surface area contributed by atoms with E-state index in [1.807, 2.05) is 0 Å². The molecule has 0 aliphatic rings. The van der Waals surface area contributed by atoms with Gasteiger partial charge in [0.15, 0.2) is 6.04 Å². The van der Waals surface area contributed by atoms with Crippen LogP contribution in [0.1, 0.15) is 18.5 Å². The number of hydrogen-bond acceptors (Lipinski definition) is 4. The standard InChI is InChI=1S/C14H18N2O5/c1-3-21-11(17)9-16(2)14(20)15-12(13(18)19)10-7-5-4-6-8-10/h4-8,12H,3,9H2,1-2H3,(H,15,20)(H,18,19)/t12-/m1/s1. The molecule has 0 fully saturated rings. The highest BCUT2D eigenvalue weighted by atomic mass is 16.5. The highest BCUT2D eigenvalue weighted by molar-refractivity contribution is 5.85. The molecule has 0 radical (unpaired) electrons. The molecule has 1 aromatic rings. The van der Waals surface area contributed by atoms with Gasteiger partial charge < -0.3 is 20.1 Å². The first-order valence-electron chi connectivity index (χ1n) is 6.40. The molecule has 0 spiro atoms. The van der Waals surface area contributed by atoms with Gasteiger partial charge in [-0.25, -0.2) is 9.59 Å². The summed E-state index contributed by atoms with van der Waals surface area (Å²) >= 11 is 0. The van der Waals surface area contributed by atoms with Crippen molar-refractivity contribution in [2.24, 2.45) is 0 Å². The number of esters is 1. The second-order valence-corrected chi connectivity index (χ2v) is 4.29. The van der Waals surface area contributed by atoms with Crippen molar-refractivity contribution in [2.45, 2.75) is 13.0 Å². The van der Waals surface area contributed by atoms with Crippen molar-refractivity contribution in [3.05, 3.63) is 35.9 Å². The van der Waals surface area contributed by atoms with Crippen LogP contribution in [-0.2, 0) is 14.3 Å². The Labute approximate surface area is 122 Å². The first-order chi connectivity index (χ1) is 9.95. The van der Waals surface area contributed by atoms with Crippen molar-refractivity contribution < 1.29 is 24.2 Å². The molecule has 0 aliphatic heterocycles. The maximum absolute atomic E-state index is 11.9. The summed E-state index contributed by atoms with van der Waals surface area (Å²) < 4.78 is 4.72. The van der Waals surface area contributed by atoms with Crippen molar-refractivity contribution in [2.75, 3.05) is 20.2 Å². The minimum absolute atomic E-state index is 0.218. The molecule has 0 bridgehead atoms. The Kier molecular flexibility index (Phi) is 6.19. The molecule has 0 heterocycles. The van der Waals surface area contributed by atoms with Gasteiger partial charge >= 0.3 is 18.0 Å². The van der Waals surface area contributed by atoms with Gasteiger partial charge in [0.2, 0.25) is 0 Å². The maximum atomic E-state index is 11.9. The Balaban J connectivity index is 2.69. The number of carbonyl (C=O) groups is 3. The van der Waals surface area contributed by atoms with Gasteiger partial charge in [0.05, 0.1) is 6.61 Å². The van der Waals surface area contributed by atoms with Gasteiger partial charge in [0.25, 0.3) is 0 Å². The largest absolute Gasteiger partial charge is 0.479 e. The van der Waals surface area contributed by atoms with Crippen LogP contribution in [0.2, 0.25) is 0 Å². The second kappa shape index (κ2) is 7.88. The smallest absolute Gasteiger partial charge is 0.330 e. The lowest BCUT2D eigenvalue weighted by Crippen LogP contribution is -2.44. The lowest BCUT2D eigenvalue weighted by molar-refractivity contribution is -0.143. The summed E-state index contributed by atoms with van der Waals surface area (Å²) in [4.78, 5) is 35.5. The van der Waals surface area contributed by atoms with Crippen molar-refractivity contribution in [3.8, 4) is 0 Å². The van der Waals surface area contributed by atoms with Crippen LogP contribution >= 0.6 is 0 Å². The van der Waals surface area contributed by atoms with Crippen LogP contribution in [0.25, 0.3) is 0 Å². The molecule has 0 aromatic heterocycles. The summed E-state index contributed by atoms with van der Waals surface area (Å²) in [5, 5.41) is 11.6. The Bertz CT molecular complexity index is 503. The number of ether oxygens (including phenoxy) is 1. The molecule has 114 valence electrons. The normalized spacial score (nSPS) is 11.3. The average Bonchev–Trinajstić information content (AvgIpc) is 2.45. The van der Waals surface area contributed by atoms with E-state index < -0.39 is 24.0 Å². The van der Waals surface area contributed by atoms with Gasteiger partial charge in [-0.15, -0.1) is 0 Å². The van der Waals surface area contributed by atoms with Crippen LogP contribution in [0.3, 0.4) is 0 Å². The number of benzene rings is 1. The van der Waals surface area contributed by atoms with E-state index in [0.717, 1.165) is 4.90 Å². The lowest BCUT2D eigenvalue weighted by atomic mass is 10.1. The van der Waals surface area contributed by atoms with Gasteiger partial charge in [0, 0.05) is 7.05 Å². The average molecular weight is 294 g/mol. The Morgan fingerprint density at radius 1 is 1.29 bits per heavy atom. The fourth-order valence-electron chi connectivity index (χ4n) is 1.64. The van der Waals surface area contributed by atoms with Crippen LogP contribution in [0.15, 0.2) is 30.3 Å². The summed E-state index contributed by atoms with van der Waals surface area (Å²) in [5.41, 5.74) is 0.447. The van der Waals surface area contributed by atoms with Crippen LogP contribution in [0, 0.1) is 0 Å². The number of hydrogen-bond donors (Lipinski definition) is 2. The monoisotopic (exact) mass is 294 g/mol. The number of likely N-dealkylation sites (N-methyl/N-ethyl adjacent to an activating group) is 1. The predicted octanol–water partition coefficient (Wildman–Crippen LogP) is 1.02. The van der Waals surface area contributed by atoms with Crippen LogP contribution < -0.4 is 5.32 Å². The number of carbonyl (C=O) groups excluding carboxylic acids is 2. The zero-order valence-corrected chi connectivity index (χ0v) is 11.9. The van der Waals surface area contributed by atoms with Crippen LogP contribution in [-0.4, -0.2) is 48.2 Å². The third kappa shape index (κ3) is 5.13. The molecule has 0 saturated heterocycles. The Hall–Kier alpha value is -2.57. The molecule has 1 atom stereocenters. The zero-order chi connectivity index (χ0) is 15.8. The lowest BCUT2D eigenvalue weighted by Gasteiger charge is -2.20. The van der Waals surface area contributed by atoms with E-state index in [-0.39, 0.29) is 13.2 Å². The van der Waals surface area contributed by atoms with E-state index in [1.54, 1.807) is 37.3 Å². The Morgan fingerprint density at radius 2 is 1.90 bits per heavy atom. The van der Waals surface area contributed by atoms with Crippen molar-refractivity contribution in [1.82, 2.24) is 10.2 Å². The van der Waals surface area contributed by atoms with Crippen LogP contribution in [0.4, 0.5) is 4.79 Å². The second-order valence-electron chi connectivity index (χ2n) is 4.29. The molecular weight excluding hydrogens is 276 g/mol. The quantitative estimate of drug-likeness (QED) is 0.764. The molecule has 0 saturated carbocycles. The minimum atomic E-state index is -1.18. The van der Waals surface area contributed by atoms with Gasteiger partial charge in [-0.2, -0.15) is 0 Å². The van der Waals surface area contributed by atoms with Crippen molar-refractivity contribution in [3.63, 3.8) is 0 Å². The van der Waals surface area contributed by atoms with E-state index in [4.69, 9.17) is 4.74 Å². The molecule has 7 nitrogen and oxygen atoms in total. The first-order valence-corrected chi connectivity index (χ1v) is 6.40. The van der Waals surface area contributed by atoms with E-state index in [2.05, 4.69) is 5.32 Å². The number of carboxylic acid groups (broad SMARTS) is 1. The molecule has 7 heteroatoms. The minimum Gasteiger partial charge on any atom is -0.479 e. The molecule has 21 heavy (non-hydrogen) atoms. The summed E-state index contributed by atoms with van der Waals surface area (Å²) in [7, 11) is 1.39. The summed E-state index contributed by atoms with van der Waals surface area (Å²) in [5.74, 6) is -1.74. The highest BCUT2D eigenvalue weighted by Crippen LogP contribution is 2.12. The SMILES string of the molecule is CCOC(=O)CN(C)C(=O)N[C@@H](C(=O)O)c1ccccc1. The number of nitrogens with zero attached hydrogens (tertiary/aromatic N) is 1. The topological polar surface area (TPSA) is 95.9 Å². The molecule has 2 amide bonds. The van der Waals surface area contributed by atoms with Gasteiger partial charge in [-0.1, -0.05) is 30.3 Å². The first kappa shape index (κ1) is 16.5. The molecule has 2 N–H and O–H groups in total. The fraction of sp³-hybridized carbons (Fsp3) is 0.357. The van der Waals surface area contributed by atoms with E-state index >= 15 is 0 Å². The fourth-order valence-corrected chi connectivity index (χ4v) is 1.64. The van der Waals surface area contributed by atoms with E-state index in [0.29, 0.717) is 5.56 Å². The van der Waals surface area contributed by atoms with Gasteiger partial charge in [0.1, 0.15) is 6.54 Å². The molecule has 0 aliphatic carbocycles. The number of amides is 2. The maximum Gasteiger partial charge on any atom is 0.330 e. The molecule has 1 aromatic carbocycles. The van der Waals surface area contributed by atoms with Gasteiger partial charge in [-0.3, -0.25) is 4.79 Å². The van der Waals surface area contributed by atoms with Gasteiger partial charge in [-0.05, 0) is 12.5 Å². The summed E-state index contributed by atoms with van der Waals surface area (Å²) in [6, 6.07) is 6.47. The molecule has 1 rings (SSSR count). The summed E-state index contributed by atoms with van der Waals surface area (Å²) in [6.07, 6.45) is 0. The molecule has 0 unspecified atom stereocenters. The number of aliphatic carboxylic acids is 1.